The summed E-state index contributed by atoms with van der Waals surface area (Å²) in [5.41, 5.74) is 4.71. The van der Waals surface area contributed by atoms with Crippen LogP contribution >= 0.6 is 0 Å². The zero-order chi connectivity index (χ0) is 24.3. The Labute approximate surface area is 204 Å². The summed E-state index contributed by atoms with van der Waals surface area (Å²) in [6.07, 6.45) is 2.15. The number of amides is 1. The molecule has 7 heteroatoms. The van der Waals surface area contributed by atoms with Crippen LogP contribution in [0.5, 0.6) is 0 Å². The van der Waals surface area contributed by atoms with E-state index in [1.54, 1.807) is 16.4 Å². The van der Waals surface area contributed by atoms with E-state index in [2.05, 4.69) is 36.1 Å². The first-order valence-electron chi connectivity index (χ1n) is 12.4. The van der Waals surface area contributed by atoms with Crippen LogP contribution in [0.4, 0.5) is 0 Å². The molecule has 6 nitrogen and oxygen atoms in total. The second-order valence-electron chi connectivity index (χ2n) is 9.81. The largest absolute Gasteiger partial charge is 0.341 e. The number of benzene rings is 2. The van der Waals surface area contributed by atoms with E-state index in [0.29, 0.717) is 30.8 Å². The molecule has 2 fully saturated rings. The van der Waals surface area contributed by atoms with Crippen molar-refractivity contribution in [2.24, 2.45) is 5.92 Å². The summed E-state index contributed by atoms with van der Waals surface area (Å²) < 4.78 is 27.8. The van der Waals surface area contributed by atoms with Gasteiger partial charge in [0, 0.05) is 51.7 Å². The first kappa shape index (κ1) is 24.9. The lowest BCUT2D eigenvalue weighted by Gasteiger charge is -2.33. The van der Waals surface area contributed by atoms with Gasteiger partial charge in [-0.25, -0.2) is 8.42 Å². The molecule has 4 rings (SSSR count). The molecular formula is C27H37N3O3S. The van der Waals surface area contributed by atoms with Gasteiger partial charge in [0.05, 0.1) is 4.90 Å². The first-order valence-corrected chi connectivity index (χ1v) is 13.8. The summed E-state index contributed by atoms with van der Waals surface area (Å²) in [7, 11) is -3.52. The Morgan fingerprint density at radius 3 is 2.29 bits per heavy atom. The van der Waals surface area contributed by atoms with Gasteiger partial charge in [-0.05, 0) is 74.4 Å². The monoisotopic (exact) mass is 483 g/mol. The lowest BCUT2D eigenvalue weighted by molar-refractivity contribution is -0.136. The van der Waals surface area contributed by atoms with Crippen LogP contribution in [-0.2, 0) is 21.4 Å². The molecule has 0 atom stereocenters. The molecule has 0 aliphatic carbocycles. The molecule has 0 aromatic heterocycles. The fourth-order valence-electron chi connectivity index (χ4n) is 5.00. The minimum absolute atomic E-state index is 0.0888. The summed E-state index contributed by atoms with van der Waals surface area (Å²) in [5.74, 6) is 0.107. The molecule has 2 aliphatic rings. The van der Waals surface area contributed by atoms with Gasteiger partial charge in [-0.2, -0.15) is 4.31 Å². The Morgan fingerprint density at radius 2 is 1.59 bits per heavy atom. The topological polar surface area (TPSA) is 60.9 Å². The predicted molar refractivity (Wildman–Crippen MR) is 135 cm³/mol. The molecule has 0 spiro atoms. The molecule has 2 aromatic rings. The average Bonchev–Trinajstić information content (AvgIpc) is 3.07. The van der Waals surface area contributed by atoms with E-state index in [1.807, 2.05) is 24.8 Å². The number of hydrogen-bond acceptors (Lipinski definition) is 4. The SMILES string of the molecule is Cc1ccc(S(=O)(=O)N2CCC(C(=O)N3CCCN(Cc4ccccc4C)CC3)CC2)cc1C. The standard InChI is InChI=1S/C27H37N3O3S/c1-21-9-10-26(19-23(21)3)34(32,33)30-15-11-24(12-16-30)27(31)29-14-6-13-28(17-18-29)20-25-8-5-4-7-22(25)2/h4-5,7-10,19,24H,6,11-18,20H2,1-3H3. The number of piperidine rings is 1. The van der Waals surface area contributed by atoms with Crippen LogP contribution in [0.3, 0.4) is 0 Å². The van der Waals surface area contributed by atoms with Crippen molar-refractivity contribution in [1.82, 2.24) is 14.1 Å². The van der Waals surface area contributed by atoms with Gasteiger partial charge in [0.25, 0.3) is 0 Å². The van der Waals surface area contributed by atoms with E-state index < -0.39 is 10.0 Å². The molecule has 2 saturated heterocycles. The number of hydrogen-bond donors (Lipinski definition) is 0. The molecule has 0 saturated carbocycles. The number of carbonyl (C=O) groups is 1. The molecular weight excluding hydrogens is 446 g/mol. The minimum Gasteiger partial charge on any atom is -0.341 e. The molecule has 34 heavy (non-hydrogen) atoms. The molecule has 0 N–H and O–H groups in total. The Hall–Kier alpha value is -2.22. The highest BCUT2D eigenvalue weighted by Gasteiger charge is 2.34. The van der Waals surface area contributed by atoms with Gasteiger partial charge in [0.2, 0.25) is 15.9 Å². The lowest BCUT2D eigenvalue weighted by Crippen LogP contribution is -2.45. The maximum atomic E-state index is 13.3. The third-order valence-electron chi connectivity index (χ3n) is 7.47. The van der Waals surface area contributed by atoms with Crippen LogP contribution < -0.4 is 0 Å². The van der Waals surface area contributed by atoms with Gasteiger partial charge in [-0.1, -0.05) is 30.3 Å². The van der Waals surface area contributed by atoms with Gasteiger partial charge in [-0.15, -0.1) is 0 Å². The van der Waals surface area contributed by atoms with Crippen molar-refractivity contribution in [2.75, 3.05) is 39.3 Å². The van der Waals surface area contributed by atoms with Crippen LogP contribution in [0.2, 0.25) is 0 Å². The van der Waals surface area contributed by atoms with Crippen LogP contribution in [-0.4, -0.2) is 67.7 Å². The van der Waals surface area contributed by atoms with E-state index in [1.165, 1.54) is 11.1 Å². The number of carbonyl (C=O) groups excluding carboxylic acids is 1. The fraction of sp³-hybridized carbons (Fsp3) is 0.519. The molecule has 0 unspecified atom stereocenters. The molecule has 0 bridgehead atoms. The summed E-state index contributed by atoms with van der Waals surface area (Å²) >= 11 is 0. The van der Waals surface area contributed by atoms with E-state index >= 15 is 0 Å². The van der Waals surface area contributed by atoms with E-state index in [0.717, 1.165) is 50.3 Å². The summed E-state index contributed by atoms with van der Waals surface area (Å²) in [4.78, 5) is 18.1. The maximum absolute atomic E-state index is 13.3. The highest BCUT2D eigenvalue weighted by Crippen LogP contribution is 2.26. The molecule has 1 amide bonds. The Morgan fingerprint density at radius 1 is 0.853 bits per heavy atom. The number of nitrogens with zero attached hydrogens (tertiary/aromatic N) is 3. The highest BCUT2D eigenvalue weighted by molar-refractivity contribution is 7.89. The summed E-state index contributed by atoms with van der Waals surface area (Å²) in [6.45, 7) is 11.2. The van der Waals surface area contributed by atoms with Crippen molar-refractivity contribution in [3.8, 4) is 0 Å². The van der Waals surface area contributed by atoms with E-state index in [-0.39, 0.29) is 11.8 Å². The zero-order valence-corrected chi connectivity index (χ0v) is 21.5. The van der Waals surface area contributed by atoms with Crippen molar-refractivity contribution >= 4 is 15.9 Å². The normalized spacial score (nSPS) is 19.2. The third kappa shape index (κ3) is 5.53. The number of sulfonamides is 1. The van der Waals surface area contributed by atoms with Crippen molar-refractivity contribution in [2.45, 2.75) is 51.5 Å². The van der Waals surface area contributed by atoms with Crippen LogP contribution in [0.25, 0.3) is 0 Å². The zero-order valence-electron chi connectivity index (χ0n) is 20.7. The Balaban J connectivity index is 1.31. The molecule has 2 aromatic carbocycles. The quantitative estimate of drug-likeness (QED) is 0.650. The van der Waals surface area contributed by atoms with Crippen LogP contribution in [0, 0.1) is 26.7 Å². The van der Waals surface area contributed by atoms with Crippen molar-refractivity contribution in [3.63, 3.8) is 0 Å². The van der Waals surface area contributed by atoms with E-state index in [9.17, 15) is 13.2 Å². The van der Waals surface area contributed by atoms with Gasteiger partial charge in [0.1, 0.15) is 0 Å². The second-order valence-corrected chi connectivity index (χ2v) is 11.7. The fourth-order valence-corrected chi connectivity index (χ4v) is 6.56. The Bertz CT molecular complexity index is 1120. The van der Waals surface area contributed by atoms with Gasteiger partial charge in [0.15, 0.2) is 0 Å². The van der Waals surface area contributed by atoms with Crippen molar-refractivity contribution in [3.05, 3.63) is 64.7 Å². The van der Waals surface area contributed by atoms with Gasteiger partial charge < -0.3 is 4.90 Å². The van der Waals surface area contributed by atoms with Crippen LogP contribution in [0.15, 0.2) is 47.4 Å². The lowest BCUT2D eigenvalue weighted by atomic mass is 9.96. The smallest absolute Gasteiger partial charge is 0.243 e. The number of rotatable bonds is 5. The Kier molecular flexibility index (Phi) is 7.75. The number of aryl methyl sites for hydroxylation is 3. The van der Waals surface area contributed by atoms with Crippen molar-refractivity contribution in [1.29, 1.82) is 0 Å². The summed E-state index contributed by atoms with van der Waals surface area (Å²) in [6, 6.07) is 13.8. The van der Waals surface area contributed by atoms with Gasteiger partial charge >= 0.3 is 0 Å². The molecule has 2 heterocycles. The second kappa shape index (κ2) is 10.6. The average molecular weight is 484 g/mol. The third-order valence-corrected chi connectivity index (χ3v) is 9.37. The van der Waals surface area contributed by atoms with E-state index in [4.69, 9.17) is 0 Å². The highest BCUT2D eigenvalue weighted by atomic mass is 32.2. The minimum atomic E-state index is -3.52. The van der Waals surface area contributed by atoms with Crippen LogP contribution in [0.1, 0.15) is 41.5 Å². The predicted octanol–water partition coefficient (Wildman–Crippen LogP) is 3.75. The first-order chi connectivity index (χ1) is 16.3. The molecule has 0 radical (unpaired) electrons. The maximum Gasteiger partial charge on any atom is 0.243 e. The van der Waals surface area contributed by atoms with Crippen molar-refractivity contribution < 1.29 is 13.2 Å². The molecule has 184 valence electrons. The summed E-state index contributed by atoms with van der Waals surface area (Å²) in [5, 5.41) is 0. The molecule has 2 aliphatic heterocycles. The van der Waals surface area contributed by atoms with Gasteiger partial charge in [-0.3, -0.25) is 9.69 Å².